The van der Waals surface area contributed by atoms with Gasteiger partial charge in [0.25, 0.3) is 0 Å². The summed E-state index contributed by atoms with van der Waals surface area (Å²) in [5.74, 6) is 0.220. The van der Waals surface area contributed by atoms with E-state index in [0.29, 0.717) is 0 Å². The van der Waals surface area contributed by atoms with E-state index in [1.54, 1.807) is 0 Å². The lowest BCUT2D eigenvalue weighted by molar-refractivity contribution is -0.124. The second-order valence-corrected chi connectivity index (χ2v) is 8.50. The van der Waals surface area contributed by atoms with Crippen LogP contribution in [0, 0.1) is 13.8 Å². The summed E-state index contributed by atoms with van der Waals surface area (Å²) < 4.78 is 0. The van der Waals surface area contributed by atoms with Crippen molar-refractivity contribution in [3.05, 3.63) is 34.9 Å². The normalized spacial score (nSPS) is 20.7. The Morgan fingerprint density at radius 3 is 2.21 bits per heavy atom. The Hall–Kier alpha value is -1.35. The summed E-state index contributed by atoms with van der Waals surface area (Å²) in [6, 6.07) is 6.56. The summed E-state index contributed by atoms with van der Waals surface area (Å²) in [5.41, 5.74) is 3.47. The lowest BCUT2D eigenvalue weighted by Gasteiger charge is -2.41. The van der Waals surface area contributed by atoms with E-state index >= 15 is 0 Å². The average molecular weight is 329 g/mol. The molecule has 132 valence electrons. The third kappa shape index (κ3) is 3.51. The van der Waals surface area contributed by atoms with Crippen LogP contribution in [0.25, 0.3) is 0 Å². The summed E-state index contributed by atoms with van der Waals surface area (Å²) in [7, 11) is 0. The standard InChI is InChI=1S/C21H32N2O/c1-16-12-17(2)14-18(13-16)21(8-9-21)19(24)22-15-20(3,4)23-10-6-5-7-11-23/h12-14H,5-11,15H2,1-4H3,(H,22,24). The Labute approximate surface area is 146 Å². The van der Waals surface area contributed by atoms with Crippen molar-refractivity contribution < 1.29 is 4.79 Å². The molecule has 1 saturated carbocycles. The quantitative estimate of drug-likeness (QED) is 0.893. The molecule has 0 spiro atoms. The predicted molar refractivity (Wildman–Crippen MR) is 99.3 cm³/mol. The van der Waals surface area contributed by atoms with Crippen molar-refractivity contribution in [2.24, 2.45) is 0 Å². The van der Waals surface area contributed by atoms with Crippen molar-refractivity contribution in [3.8, 4) is 0 Å². The number of carbonyl (C=O) groups excluding carboxylic acids is 1. The molecule has 0 bridgehead atoms. The molecule has 2 fully saturated rings. The first-order chi connectivity index (χ1) is 11.3. The third-order valence-corrected chi connectivity index (χ3v) is 5.85. The molecule has 1 aliphatic heterocycles. The number of amides is 1. The Balaban J connectivity index is 1.66. The van der Waals surface area contributed by atoms with Gasteiger partial charge in [-0.2, -0.15) is 0 Å². The van der Waals surface area contributed by atoms with E-state index in [2.05, 4.69) is 56.1 Å². The van der Waals surface area contributed by atoms with Gasteiger partial charge in [-0.15, -0.1) is 0 Å². The highest BCUT2D eigenvalue weighted by atomic mass is 16.2. The van der Waals surface area contributed by atoms with E-state index in [-0.39, 0.29) is 16.9 Å². The van der Waals surface area contributed by atoms with E-state index in [9.17, 15) is 4.79 Å². The smallest absolute Gasteiger partial charge is 0.230 e. The van der Waals surface area contributed by atoms with Gasteiger partial charge in [0.05, 0.1) is 5.41 Å². The lowest BCUT2D eigenvalue weighted by atomic mass is 9.91. The highest BCUT2D eigenvalue weighted by Gasteiger charge is 2.51. The number of rotatable bonds is 5. The van der Waals surface area contributed by atoms with Gasteiger partial charge < -0.3 is 5.32 Å². The van der Waals surface area contributed by atoms with Crippen LogP contribution in [0.1, 0.15) is 62.6 Å². The van der Waals surface area contributed by atoms with Crippen LogP contribution in [0.15, 0.2) is 18.2 Å². The summed E-state index contributed by atoms with van der Waals surface area (Å²) in [5, 5.41) is 3.28. The molecule has 1 heterocycles. The molecule has 3 heteroatoms. The molecule has 1 amide bonds. The van der Waals surface area contributed by atoms with E-state index < -0.39 is 0 Å². The molecular weight excluding hydrogens is 296 g/mol. The van der Waals surface area contributed by atoms with Gasteiger partial charge in [0.15, 0.2) is 0 Å². The van der Waals surface area contributed by atoms with Gasteiger partial charge >= 0.3 is 0 Å². The minimum Gasteiger partial charge on any atom is -0.353 e. The zero-order chi connectivity index (χ0) is 17.4. The molecule has 0 aromatic heterocycles. The number of piperidine rings is 1. The largest absolute Gasteiger partial charge is 0.353 e. The van der Waals surface area contributed by atoms with Gasteiger partial charge in [0, 0.05) is 12.1 Å². The zero-order valence-corrected chi connectivity index (χ0v) is 15.7. The average Bonchev–Trinajstić information content (AvgIpc) is 3.34. The van der Waals surface area contributed by atoms with Crippen LogP contribution < -0.4 is 5.32 Å². The maximum absolute atomic E-state index is 13.0. The van der Waals surface area contributed by atoms with Gasteiger partial charge in [-0.1, -0.05) is 35.7 Å². The molecular formula is C21H32N2O. The second-order valence-electron chi connectivity index (χ2n) is 8.50. The molecule has 1 aliphatic carbocycles. The molecule has 1 saturated heterocycles. The molecule has 0 unspecified atom stereocenters. The van der Waals surface area contributed by atoms with E-state index in [1.807, 2.05) is 0 Å². The summed E-state index contributed by atoms with van der Waals surface area (Å²) >= 11 is 0. The maximum Gasteiger partial charge on any atom is 0.230 e. The monoisotopic (exact) mass is 328 g/mol. The van der Waals surface area contributed by atoms with E-state index in [0.717, 1.165) is 32.5 Å². The van der Waals surface area contributed by atoms with Gasteiger partial charge in [-0.05, 0) is 72.0 Å². The fraction of sp³-hybridized carbons (Fsp3) is 0.667. The van der Waals surface area contributed by atoms with Crippen molar-refractivity contribution in [1.82, 2.24) is 10.2 Å². The first-order valence-electron chi connectivity index (χ1n) is 9.46. The highest BCUT2D eigenvalue weighted by molar-refractivity contribution is 5.91. The first-order valence-corrected chi connectivity index (χ1v) is 9.46. The molecule has 3 rings (SSSR count). The molecule has 1 N–H and O–H groups in total. The maximum atomic E-state index is 13.0. The van der Waals surface area contributed by atoms with Crippen LogP contribution in [0.4, 0.5) is 0 Å². The van der Waals surface area contributed by atoms with Crippen LogP contribution in [0.2, 0.25) is 0 Å². The molecule has 1 aromatic rings. The van der Waals surface area contributed by atoms with E-state index in [1.165, 1.54) is 36.0 Å². The first kappa shape index (κ1) is 17.5. The van der Waals surface area contributed by atoms with Gasteiger partial charge in [-0.3, -0.25) is 9.69 Å². The van der Waals surface area contributed by atoms with Crippen molar-refractivity contribution >= 4 is 5.91 Å². The summed E-state index contributed by atoms with van der Waals surface area (Å²) in [6.07, 6.45) is 5.86. The van der Waals surface area contributed by atoms with Crippen LogP contribution >= 0.6 is 0 Å². The number of nitrogens with zero attached hydrogens (tertiary/aromatic N) is 1. The summed E-state index contributed by atoms with van der Waals surface area (Å²) in [6.45, 7) is 11.8. The van der Waals surface area contributed by atoms with Crippen LogP contribution in [-0.4, -0.2) is 36.0 Å². The number of aryl methyl sites for hydroxylation is 2. The SMILES string of the molecule is Cc1cc(C)cc(C2(C(=O)NCC(C)(C)N3CCCCC3)CC2)c1. The topological polar surface area (TPSA) is 32.3 Å². The Morgan fingerprint density at radius 2 is 1.67 bits per heavy atom. The van der Waals surface area contributed by atoms with Crippen molar-refractivity contribution in [1.29, 1.82) is 0 Å². The highest BCUT2D eigenvalue weighted by Crippen LogP contribution is 2.48. The van der Waals surface area contributed by atoms with Crippen molar-refractivity contribution in [3.63, 3.8) is 0 Å². The van der Waals surface area contributed by atoms with Crippen LogP contribution in [0.5, 0.6) is 0 Å². The van der Waals surface area contributed by atoms with Crippen molar-refractivity contribution in [2.75, 3.05) is 19.6 Å². The molecule has 1 aromatic carbocycles. The molecule has 24 heavy (non-hydrogen) atoms. The Kier molecular flexibility index (Phi) is 4.74. The van der Waals surface area contributed by atoms with Gasteiger partial charge in [0.1, 0.15) is 0 Å². The Bertz CT molecular complexity index is 590. The minimum atomic E-state index is -0.269. The number of hydrogen-bond acceptors (Lipinski definition) is 2. The van der Waals surface area contributed by atoms with Gasteiger partial charge in [-0.25, -0.2) is 0 Å². The number of likely N-dealkylation sites (tertiary alicyclic amines) is 1. The summed E-state index contributed by atoms with van der Waals surface area (Å²) in [4.78, 5) is 15.5. The van der Waals surface area contributed by atoms with E-state index in [4.69, 9.17) is 0 Å². The Morgan fingerprint density at radius 1 is 1.08 bits per heavy atom. The van der Waals surface area contributed by atoms with Crippen LogP contribution in [-0.2, 0) is 10.2 Å². The minimum absolute atomic E-state index is 0.0364. The number of hydrogen-bond donors (Lipinski definition) is 1. The molecule has 0 atom stereocenters. The number of nitrogens with one attached hydrogen (secondary N) is 1. The third-order valence-electron chi connectivity index (χ3n) is 5.85. The zero-order valence-electron chi connectivity index (χ0n) is 15.7. The van der Waals surface area contributed by atoms with Crippen LogP contribution in [0.3, 0.4) is 0 Å². The number of benzene rings is 1. The predicted octanol–water partition coefficient (Wildman–Crippen LogP) is 3.72. The lowest BCUT2D eigenvalue weighted by Crippen LogP contribution is -2.54. The molecule has 3 nitrogen and oxygen atoms in total. The van der Waals surface area contributed by atoms with Crippen molar-refractivity contribution in [2.45, 2.75) is 70.8 Å². The fourth-order valence-electron chi connectivity index (χ4n) is 4.10. The fourth-order valence-corrected chi connectivity index (χ4v) is 4.10. The van der Waals surface area contributed by atoms with Gasteiger partial charge in [0.2, 0.25) is 5.91 Å². The molecule has 0 radical (unpaired) electrons. The second kappa shape index (κ2) is 6.51. The molecule has 2 aliphatic rings. The number of carbonyl (C=O) groups is 1.